The van der Waals surface area contributed by atoms with Crippen molar-refractivity contribution in [1.82, 2.24) is 9.13 Å². The van der Waals surface area contributed by atoms with Crippen LogP contribution in [0.25, 0.3) is 0 Å². The van der Waals surface area contributed by atoms with Gasteiger partial charge in [0.1, 0.15) is 17.6 Å². The van der Waals surface area contributed by atoms with E-state index in [4.69, 9.17) is 9.15 Å². The summed E-state index contributed by atoms with van der Waals surface area (Å²) in [7, 11) is 0. The van der Waals surface area contributed by atoms with E-state index in [9.17, 15) is 14.9 Å². The Kier molecular flexibility index (Phi) is 6.94. The number of furan rings is 1. The molecule has 4 aromatic heterocycles. The molecule has 35 heavy (non-hydrogen) atoms. The van der Waals surface area contributed by atoms with E-state index in [1.807, 2.05) is 55.8 Å². The zero-order valence-electron chi connectivity index (χ0n) is 20.0. The quantitative estimate of drug-likeness (QED) is 0.353. The molecule has 0 fully saturated rings. The van der Waals surface area contributed by atoms with Crippen molar-refractivity contribution in [2.75, 3.05) is 11.9 Å². The molecule has 0 aromatic carbocycles. The average Bonchev–Trinajstić information content (AvgIpc) is 3.62. The van der Waals surface area contributed by atoms with E-state index in [-0.39, 0.29) is 0 Å². The summed E-state index contributed by atoms with van der Waals surface area (Å²) in [5.41, 5.74) is 4.12. The monoisotopic (exact) mass is 490 g/mol. The fourth-order valence-electron chi connectivity index (χ4n) is 4.07. The second-order valence-electron chi connectivity index (χ2n) is 8.29. The standard InChI is InChI=1S/C26H26N4O4S/c1-16-11-22(19(4)29(16)14-21-8-6-10-35-21)26(32)34-15-24(31)28-25-23(12-27)17(2)18(3)30(25)13-20-7-5-9-33-20/h5-11H,13-15H2,1-4H3,(H,28,31). The molecule has 0 aliphatic carbocycles. The number of aromatic nitrogens is 2. The summed E-state index contributed by atoms with van der Waals surface area (Å²) in [5, 5.41) is 14.4. The number of nitrogens with one attached hydrogen (secondary N) is 1. The Balaban J connectivity index is 1.46. The lowest BCUT2D eigenvalue weighted by molar-refractivity contribution is -0.119. The van der Waals surface area contributed by atoms with Crippen LogP contribution in [0.15, 0.2) is 46.4 Å². The van der Waals surface area contributed by atoms with Crippen molar-refractivity contribution in [2.24, 2.45) is 0 Å². The Labute approximate surface area is 207 Å². The molecule has 0 spiro atoms. The largest absolute Gasteiger partial charge is 0.467 e. The number of rotatable bonds is 8. The first-order valence-corrected chi connectivity index (χ1v) is 12.0. The van der Waals surface area contributed by atoms with Crippen LogP contribution >= 0.6 is 11.3 Å². The molecule has 4 heterocycles. The highest BCUT2D eigenvalue weighted by Crippen LogP contribution is 2.27. The molecule has 1 amide bonds. The summed E-state index contributed by atoms with van der Waals surface area (Å²) in [4.78, 5) is 26.7. The van der Waals surface area contributed by atoms with Crippen LogP contribution in [0.2, 0.25) is 0 Å². The van der Waals surface area contributed by atoms with E-state index >= 15 is 0 Å². The molecule has 0 aliphatic heterocycles. The predicted octanol–water partition coefficient (Wildman–Crippen LogP) is 4.94. The molecule has 4 aromatic rings. The fourth-order valence-corrected chi connectivity index (χ4v) is 4.77. The molecular weight excluding hydrogens is 464 g/mol. The Bertz CT molecular complexity index is 1400. The lowest BCUT2D eigenvalue weighted by Gasteiger charge is -2.12. The number of carbonyl (C=O) groups excluding carboxylic acids is 2. The highest BCUT2D eigenvalue weighted by molar-refractivity contribution is 7.09. The minimum Gasteiger partial charge on any atom is -0.467 e. The number of aryl methyl sites for hydroxylation is 1. The number of anilines is 1. The molecule has 180 valence electrons. The van der Waals surface area contributed by atoms with Gasteiger partial charge in [-0.15, -0.1) is 11.3 Å². The molecule has 0 saturated heterocycles. The van der Waals surface area contributed by atoms with Gasteiger partial charge in [-0.3, -0.25) is 4.79 Å². The molecule has 0 atom stereocenters. The first-order valence-electron chi connectivity index (χ1n) is 11.1. The molecule has 9 heteroatoms. The molecule has 0 aliphatic rings. The van der Waals surface area contributed by atoms with Crippen LogP contribution in [0.4, 0.5) is 5.82 Å². The predicted molar refractivity (Wildman–Crippen MR) is 133 cm³/mol. The van der Waals surface area contributed by atoms with E-state index < -0.39 is 18.5 Å². The highest BCUT2D eigenvalue weighted by Gasteiger charge is 2.22. The van der Waals surface area contributed by atoms with Crippen molar-refractivity contribution < 1.29 is 18.7 Å². The minimum absolute atomic E-state index is 0.354. The maximum atomic E-state index is 12.8. The molecule has 8 nitrogen and oxygen atoms in total. The van der Waals surface area contributed by atoms with Gasteiger partial charge in [0.2, 0.25) is 0 Å². The van der Waals surface area contributed by atoms with Gasteiger partial charge in [-0.05, 0) is 62.9 Å². The number of thiophene rings is 1. The van der Waals surface area contributed by atoms with Gasteiger partial charge in [-0.1, -0.05) is 6.07 Å². The number of esters is 1. The van der Waals surface area contributed by atoms with Gasteiger partial charge in [-0.25, -0.2) is 4.79 Å². The number of hydrogen-bond acceptors (Lipinski definition) is 6. The van der Waals surface area contributed by atoms with Crippen LogP contribution in [0.5, 0.6) is 0 Å². The van der Waals surface area contributed by atoms with Gasteiger partial charge in [0.15, 0.2) is 6.61 Å². The normalized spacial score (nSPS) is 10.8. The Morgan fingerprint density at radius 3 is 2.57 bits per heavy atom. The molecule has 0 bridgehead atoms. The van der Waals surface area contributed by atoms with Crippen LogP contribution < -0.4 is 5.32 Å². The van der Waals surface area contributed by atoms with Gasteiger partial charge >= 0.3 is 5.97 Å². The Morgan fingerprint density at radius 2 is 1.91 bits per heavy atom. The van der Waals surface area contributed by atoms with E-state index in [2.05, 4.69) is 16.0 Å². The minimum atomic E-state index is -0.565. The fraction of sp³-hybridized carbons (Fsp3) is 0.269. The van der Waals surface area contributed by atoms with Gasteiger partial charge < -0.3 is 23.6 Å². The van der Waals surface area contributed by atoms with Crippen LogP contribution in [-0.4, -0.2) is 27.6 Å². The number of hydrogen-bond donors (Lipinski definition) is 1. The Morgan fingerprint density at radius 1 is 1.11 bits per heavy atom. The van der Waals surface area contributed by atoms with E-state index in [1.54, 1.807) is 29.7 Å². The maximum Gasteiger partial charge on any atom is 0.340 e. The third kappa shape index (κ3) is 4.93. The van der Waals surface area contributed by atoms with E-state index in [0.29, 0.717) is 35.8 Å². The van der Waals surface area contributed by atoms with E-state index in [0.717, 1.165) is 22.6 Å². The van der Waals surface area contributed by atoms with Gasteiger partial charge in [-0.2, -0.15) is 5.26 Å². The summed E-state index contributed by atoms with van der Waals surface area (Å²) in [6.07, 6.45) is 1.57. The van der Waals surface area contributed by atoms with Crippen LogP contribution in [0.3, 0.4) is 0 Å². The second-order valence-corrected chi connectivity index (χ2v) is 9.32. The summed E-state index contributed by atoms with van der Waals surface area (Å²) in [6, 6.07) is 11.6. The first kappa shape index (κ1) is 24.1. The summed E-state index contributed by atoms with van der Waals surface area (Å²) in [5.74, 6) is -0.0496. The van der Waals surface area contributed by atoms with Crippen molar-refractivity contribution in [1.29, 1.82) is 5.26 Å². The van der Waals surface area contributed by atoms with Crippen molar-refractivity contribution in [3.63, 3.8) is 0 Å². The summed E-state index contributed by atoms with van der Waals surface area (Å²) < 4.78 is 14.6. The molecule has 4 rings (SSSR count). The smallest absolute Gasteiger partial charge is 0.340 e. The van der Waals surface area contributed by atoms with Crippen molar-refractivity contribution in [2.45, 2.75) is 40.8 Å². The second kappa shape index (κ2) is 10.1. The number of amides is 1. The molecule has 1 N–H and O–H groups in total. The van der Waals surface area contributed by atoms with Crippen molar-refractivity contribution in [3.05, 3.63) is 86.4 Å². The van der Waals surface area contributed by atoms with Crippen LogP contribution in [0, 0.1) is 39.0 Å². The van der Waals surface area contributed by atoms with Gasteiger partial charge in [0.05, 0.1) is 30.5 Å². The lowest BCUT2D eigenvalue weighted by atomic mass is 10.2. The SMILES string of the molecule is Cc1c(C#N)c(NC(=O)COC(=O)c2cc(C)n(Cc3cccs3)c2C)n(Cc2ccco2)c1C. The van der Waals surface area contributed by atoms with Crippen LogP contribution in [0.1, 0.15) is 49.2 Å². The van der Waals surface area contributed by atoms with Crippen molar-refractivity contribution >= 4 is 29.0 Å². The number of carbonyl (C=O) groups is 2. The summed E-state index contributed by atoms with van der Waals surface area (Å²) >= 11 is 1.65. The van der Waals surface area contributed by atoms with Gasteiger partial charge in [0, 0.05) is 22.0 Å². The zero-order chi connectivity index (χ0) is 25.1. The number of ether oxygens (including phenoxy) is 1. The summed E-state index contributed by atoms with van der Waals surface area (Å²) in [6.45, 7) is 8.06. The number of nitriles is 1. The van der Waals surface area contributed by atoms with Crippen molar-refractivity contribution in [3.8, 4) is 6.07 Å². The average molecular weight is 491 g/mol. The third-order valence-corrected chi connectivity index (χ3v) is 6.98. The molecule has 0 saturated carbocycles. The zero-order valence-corrected chi connectivity index (χ0v) is 20.9. The van der Waals surface area contributed by atoms with Crippen LogP contribution in [-0.2, 0) is 22.6 Å². The topological polar surface area (TPSA) is 102 Å². The Hall–Kier alpha value is -4.03. The molecule has 0 unspecified atom stereocenters. The first-order chi connectivity index (χ1) is 16.8. The molecular formula is C26H26N4O4S. The van der Waals surface area contributed by atoms with E-state index in [1.165, 1.54) is 4.88 Å². The van der Waals surface area contributed by atoms with Gasteiger partial charge in [0.25, 0.3) is 5.91 Å². The lowest BCUT2D eigenvalue weighted by Crippen LogP contribution is -2.23. The maximum absolute atomic E-state index is 12.8. The third-order valence-electron chi connectivity index (χ3n) is 6.11. The highest BCUT2D eigenvalue weighted by atomic mass is 32.1. The number of nitrogens with zero attached hydrogens (tertiary/aromatic N) is 3. The molecule has 0 radical (unpaired) electrons.